The van der Waals surface area contributed by atoms with E-state index in [9.17, 15) is 9.59 Å². The van der Waals surface area contributed by atoms with Gasteiger partial charge in [0.05, 0.1) is 24.3 Å². The highest BCUT2D eigenvalue weighted by Gasteiger charge is 2.41. The minimum Gasteiger partial charge on any atom is -0.465 e. The third kappa shape index (κ3) is 3.28. The zero-order valence-electron chi connectivity index (χ0n) is 16.5. The molecule has 2 aromatic rings. The molecule has 0 spiro atoms. The second-order valence-electron chi connectivity index (χ2n) is 8.12. The van der Waals surface area contributed by atoms with Crippen LogP contribution in [0.4, 0.5) is 23.7 Å². The number of halogens is 3. The normalized spacial score (nSPS) is 21.4. The molecule has 0 bridgehead atoms. The lowest BCUT2D eigenvalue weighted by Crippen LogP contribution is -2.41. The van der Waals surface area contributed by atoms with Gasteiger partial charge in [-0.3, -0.25) is 4.79 Å². The lowest BCUT2D eigenvalue weighted by atomic mass is 10.0. The summed E-state index contributed by atoms with van der Waals surface area (Å²) in [5.41, 5.74) is 4.23. The molecule has 1 aromatic carbocycles. The number of carboxylic acid groups (broad SMARTS) is 1. The number of hydrogen-bond donors (Lipinski definition) is 3. The molecule has 1 saturated heterocycles. The molecule has 1 unspecified atom stereocenters. The third-order valence-electron chi connectivity index (χ3n) is 5.97. The molecule has 162 valence electrons. The number of hydrogen-bond acceptors (Lipinski definition) is 4. The highest BCUT2D eigenvalue weighted by atomic mass is 19.2. The molecule has 1 amide bonds. The monoisotopic (exact) mass is 424 g/mol. The van der Waals surface area contributed by atoms with Crippen molar-refractivity contribution in [3.05, 3.63) is 39.2 Å². The van der Waals surface area contributed by atoms with Gasteiger partial charge in [0.15, 0.2) is 11.6 Å². The Bertz CT molecular complexity index is 1100. The number of anilines is 1. The molecular weight excluding hydrogens is 401 g/mol. The second-order valence-corrected chi connectivity index (χ2v) is 8.12. The summed E-state index contributed by atoms with van der Waals surface area (Å²) < 4.78 is 46.9. The number of nitrogens with one attached hydrogen (secondary N) is 1. The molecule has 1 aromatic heterocycles. The van der Waals surface area contributed by atoms with Crippen molar-refractivity contribution in [2.45, 2.75) is 44.4 Å². The average molecular weight is 424 g/mol. The van der Waals surface area contributed by atoms with Crippen LogP contribution in [0.3, 0.4) is 0 Å². The fourth-order valence-electron chi connectivity index (χ4n) is 4.41. The maximum absolute atomic E-state index is 15.2. The molecule has 2 heterocycles. The molecule has 2 aliphatic rings. The predicted octanol–water partition coefficient (Wildman–Crippen LogP) is 2.57. The summed E-state index contributed by atoms with van der Waals surface area (Å²) in [6.07, 6.45) is 0.142. The van der Waals surface area contributed by atoms with Crippen molar-refractivity contribution in [2.75, 3.05) is 24.5 Å². The Balaban J connectivity index is 1.87. The zero-order valence-corrected chi connectivity index (χ0v) is 16.5. The van der Waals surface area contributed by atoms with Gasteiger partial charge in [0.2, 0.25) is 0 Å². The van der Waals surface area contributed by atoms with Crippen LogP contribution in [0, 0.1) is 18.6 Å². The summed E-state index contributed by atoms with van der Waals surface area (Å²) in [7, 11) is 0. The number of nitrogens with zero attached hydrogens (tertiary/aromatic N) is 2. The lowest BCUT2D eigenvalue weighted by molar-refractivity contribution is 0.163. The van der Waals surface area contributed by atoms with Gasteiger partial charge in [-0.25, -0.2) is 18.0 Å². The van der Waals surface area contributed by atoms with Gasteiger partial charge in [-0.15, -0.1) is 0 Å². The van der Waals surface area contributed by atoms with Crippen LogP contribution in [0.5, 0.6) is 0 Å². The van der Waals surface area contributed by atoms with Crippen molar-refractivity contribution in [2.24, 2.45) is 5.73 Å². The zero-order chi connectivity index (χ0) is 21.8. The summed E-state index contributed by atoms with van der Waals surface area (Å²) in [6.45, 7) is 0.821. The first-order valence-electron chi connectivity index (χ1n) is 9.83. The smallest absolute Gasteiger partial charge is 0.404 e. The first kappa shape index (κ1) is 20.5. The van der Waals surface area contributed by atoms with Gasteiger partial charge < -0.3 is 25.6 Å². The van der Waals surface area contributed by atoms with Gasteiger partial charge in [-0.2, -0.15) is 0 Å². The summed E-state index contributed by atoms with van der Waals surface area (Å²) in [5, 5.41) is 10.7. The summed E-state index contributed by atoms with van der Waals surface area (Å²) in [5.74, 6) is -2.23. The fraction of sp³-hybridized carbons (Fsp3) is 0.500. The van der Waals surface area contributed by atoms with E-state index in [4.69, 9.17) is 10.8 Å². The summed E-state index contributed by atoms with van der Waals surface area (Å²) in [6, 6.07) is 1.17. The summed E-state index contributed by atoms with van der Waals surface area (Å²) >= 11 is 0. The van der Waals surface area contributed by atoms with E-state index in [1.54, 1.807) is 6.92 Å². The number of alkyl halides is 1. The number of rotatable bonds is 5. The number of fused-ring (bicyclic) bond motifs is 1. The molecule has 10 heteroatoms. The number of carbonyl (C=O) groups is 1. The van der Waals surface area contributed by atoms with Crippen LogP contribution in [0.1, 0.15) is 36.4 Å². The van der Waals surface area contributed by atoms with Crippen LogP contribution in [-0.4, -0.2) is 41.1 Å². The SMILES string of the molecule is Cc1c(N2CCC(F)(CNC(=O)O)C2)c(F)c(F)c2c(CN)cc(=O)n(C3CC3)c12. The van der Waals surface area contributed by atoms with Gasteiger partial charge in [0.1, 0.15) is 5.67 Å². The van der Waals surface area contributed by atoms with E-state index in [1.807, 2.05) is 5.32 Å². The van der Waals surface area contributed by atoms with E-state index in [0.717, 1.165) is 12.8 Å². The Labute approximate surface area is 170 Å². The van der Waals surface area contributed by atoms with E-state index in [1.165, 1.54) is 15.5 Å². The van der Waals surface area contributed by atoms with E-state index in [0.29, 0.717) is 11.1 Å². The van der Waals surface area contributed by atoms with Crippen LogP contribution >= 0.6 is 0 Å². The van der Waals surface area contributed by atoms with Crippen molar-refractivity contribution >= 4 is 22.7 Å². The van der Waals surface area contributed by atoms with Crippen molar-refractivity contribution in [1.82, 2.24) is 9.88 Å². The first-order valence-corrected chi connectivity index (χ1v) is 9.83. The number of nitrogens with two attached hydrogens (primary N) is 1. The Hall–Kier alpha value is -2.75. The van der Waals surface area contributed by atoms with Gasteiger partial charge in [-0.05, 0) is 25.3 Å². The highest BCUT2D eigenvalue weighted by molar-refractivity contribution is 5.91. The molecule has 2 fully saturated rings. The average Bonchev–Trinajstić information content (AvgIpc) is 3.46. The number of aromatic nitrogens is 1. The van der Waals surface area contributed by atoms with Crippen LogP contribution in [0.15, 0.2) is 10.9 Å². The highest BCUT2D eigenvalue weighted by Crippen LogP contribution is 2.42. The predicted molar refractivity (Wildman–Crippen MR) is 106 cm³/mol. The van der Waals surface area contributed by atoms with E-state index in [2.05, 4.69) is 0 Å². The molecule has 1 aliphatic heterocycles. The molecule has 4 rings (SSSR count). The van der Waals surface area contributed by atoms with Gasteiger partial charge in [0, 0.05) is 42.6 Å². The maximum Gasteiger partial charge on any atom is 0.404 e. The first-order chi connectivity index (χ1) is 14.2. The van der Waals surface area contributed by atoms with Crippen molar-refractivity contribution in [1.29, 1.82) is 0 Å². The Morgan fingerprint density at radius 1 is 1.37 bits per heavy atom. The lowest BCUT2D eigenvalue weighted by Gasteiger charge is -2.26. The number of amides is 1. The number of pyridine rings is 1. The van der Waals surface area contributed by atoms with E-state index < -0.39 is 29.9 Å². The molecule has 1 aliphatic carbocycles. The number of aryl methyl sites for hydroxylation is 1. The third-order valence-corrected chi connectivity index (χ3v) is 5.97. The molecule has 1 saturated carbocycles. The molecule has 1 atom stereocenters. The van der Waals surface area contributed by atoms with Gasteiger partial charge in [-0.1, -0.05) is 0 Å². The molecule has 30 heavy (non-hydrogen) atoms. The Morgan fingerprint density at radius 3 is 2.67 bits per heavy atom. The van der Waals surface area contributed by atoms with Crippen molar-refractivity contribution in [3.8, 4) is 0 Å². The maximum atomic E-state index is 15.2. The van der Waals surface area contributed by atoms with Crippen LogP contribution in [0.2, 0.25) is 0 Å². The largest absolute Gasteiger partial charge is 0.465 e. The van der Waals surface area contributed by atoms with Gasteiger partial charge >= 0.3 is 6.09 Å². The Morgan fingerprint density at radius 2 is 2.07 bits per heavy atom. The Kier molecular flexibility index (Phi) is 4.92. The molecule has 0 radical (unpaired) electrons. The topological polar surface area (TPSA) is 101 Å². The minimum atomic E-state index is -1.90. The van der Waals surface area contributed by atoms with E-state index >= 15 is 13.2 Å². The quantitative estimate of drug-likeness (QED) is 0.685. The van der Waals surface area contributed by atoms with Crippen molar-refractivity contribution < 1.29 is 23.1 Å². The molecule has 4 N–H and O–H groups in total. The van der Waals surface area contributed by atoms with Crippen LogP contribution in [0.25, 0.3) is 10.9 Å². The molecular formula is C20H23F3N4O3. The number of benzene rings is 1. The van der Waals surface area contributed by atoms with E-state index in [-0.39, 0.29) is 54.3 Å². The second kappa shape index (κ2) is 7.19. The summed E-state index contributed by atoms with van der Waals surface area (Å²) in [4.78, 5) is 24.8. The molecule has 7 nitrogen and oxygen atoms in total. The van der Waals surface area contributed by atoms with Gasteiger partial charge in [0.25, 0.3) is 5.56 Å². The fourth-order valence-corrected chi connectivity index (χ4v) is 4.41. The van der Waals surface area contributed by atoms with Crippen molar-refractivity contribution in [3.63, 3.8) is 0 Å². The minimum absolute atomic E-state index is 0.0130. The van der Waals surface area contributed by atoms with Crippen LogP contribution in [-0.2, 0) is 6.54 Å². The van der Waals surface area contributed by atoms with Crippen LogP contribution < -0.4 is 21.5 Å². The standard InChI is InChI=1S/C20H23F3N4O3/c1-10-17-14(11(7-24)6-13(28)27(17)12-2-3-12)15(21)16(22)18(10)26-5-4-20(23,9-26)8-25-19(29)30/h6,12,25H,2-5,7-9,24H2,1H3,(H,29,30).